The van der Waals surface area contributed by atoms with Crippen molar-refractivity contribution in [3.8, 4) is 73.5 Å². The van der Waals surface area contributed by atoms with Gasteiger partial charge in [0.25, 0.3) is 0 Å². The van der Waals surface area contributed by atoms with Gasteiger partial charge in [0.05, 0.1) is 39.5 Å². The minimum Gasteiger partial charge on any atom is -0.309 e. The second kappa shape index (κ2) is 14.3. The second-order valence-electron chi connectivity index (χ2n) is 14.5. The second-order valence-corrected chi connectivity index (χ2v) is 14.5. The van der Waals surface area contributed by atoms with Crippen LogP contribution in [-0.4, -0.2) is 24.5 Å². The summed E-state index contributed by atoms with van der Waals surface area (Å²) in [6.07, 6.45) is 0. The molecular weight excluding hydrogens is 695 g/mol. The Balaban J connectivity index is 1.28. The third kappa shape index (κ3) is 6.45. The van der Waals surface area contributed by atoms with E-state index in [4.69, 9.17) is 19.9 Å². The van der Waals surface area contributed by atoms with Crippen LogP contribution in [0.25, 0.3) is 95.3 Å². The van der Waals surface area contributed by atoms with Gasteiger partial charge < -0.3 is 4.57 Å². The van der Waals surface area contributed by atoms with Crippen molar-refractivity contribution in [2.24, 2.45) is 0 Å². The van der Waals surface area contributed by atoms with Gasteiger partial charge in [0, 0.05) is 44.2 Å². The number of hydrogen-bond donors (Lipinski definition) is 0. The number of aromatic nitrogens is 5. The Labute approximate surface area is 331 Å². The van der Waals surface area contributed by atoms with Gasteiger partial charge in [-0.15, -0.1) is 0 Å². The Morgan fingerprint density at radius 3 is 1.21 bits per heavy atom. The van der Waals surface area contributed by atoms with E-state index in [1.165, 1.54) is 21.9 Å². The highest BCUT2D eigenvalue weighted by molar-refractivity contribution is 6.10. The van der Waals surface area contributed by atoms with Crippen LogP contribution in [0.3, 0.4) is 0 Å². The van der Waals surface area contributed by atoms with Gasteiger partial charge in [-0.2, -0.15) is 0 Å². The quantitative estimate of drug-likeness (QED) is 0.164. The van der Waals surface area contributed by atoms with Crippen LogP contribution in [0.5, 0.6) is 0 Å². The summed E-state index contributed by atoms with van der Waals surface area (Å²) in [6, 6.07) is 65.4. The van der Waals surface area contributed by atoms with Crippen LogP contribution in [0.2, 0.25) is 0 Å². The predicted molar refractivity (Wildman–Crippen MR) is 234 cm³/mol. The number of hydrogen-bond acceptors (Lipinski definition) is 4. The number of fused-ring (bicyclic) bond motifs is 3. The average Bonchev–Trinajstić information content (AvgIpc) is 3.59. The van der Waals surface area contributed by atoms with Crippen molar-refractivity contribution < 1.29 is 0 Å². The van der Waals surface area contributed by atoms with Gasteiger partial charge in [-0.05, 0) is 68.4 Å². The summed E-state index contributed by atoms with van der Waals surface area (Å²) in [5, 5.41) is 2.43. The minimum atomic E-state index is 0.636. The van der Waals surface area contributed by atoms with Crippen molar-refractivity contribution in [1.29, 1.82) is 0 Å². The lowest BCUT2D eigenvalue weighted by Crippen LogP contribution is -2.02. The summed E-state index contributed by atoms with van der Waals surface area (Å²) in [5.74, 6) is 1.29. The standard InChI is InChI=1S/C52H37N5/c1-34-23-26-48-41(29-34)42-30-35(2)24-27-49(42)57(48)50-28-25-40(52-54-44(36-15-7-3-8-16-36)32-45(55-52)37-17-9-4-10-18-37)31-43(50)47-33-46(38-19-11-5-12-20-38)53-51(56-47)39-21-13-6-14-22-39/h3-33H,1-2H3. The lowest BCUT2D eigenvalue weighted by molar-refractivity contribution is 1.14. The summed E-state index contributed by atoms with van der Waals surface area (Å²) in [7, 11) is 0. The summed E-state index contributed by atoms with van der Waals surface area (Å²) in [4.78, 5) is 20.9. The molecule has 10 aromatic rings. The van der Waals surface area contributed by atoms with Gasteiger partial charge in [-0.3, -0.25) is 0 Å². The molecule has 270 valence electrons. The fourth-order valence-electron chi connectivity index (χ4n) is 7.73. The highest BCUT2D eigenvalue weighted by Crippen LogP contribution is 2.40. The third-order valence-corrected chi connectivity index (χ3v) is 10.5. The zero-order valence-corrected chi connectivity index (χ0v) is 31.6. The molecular formula is C52H37N5. The zero-order valence-electron chi connectivity index (χ0n) is 31.6. The molecule has 0 aliphatic rings. The van der Waals surface area contributed by atoms with E-state index in [0.717, 1.165) is 72.9 Å². The summed E-state index contributed by atoms with van der Waals surface area (Å²) < 4.78 is 2.38. The van der Waals surface area contributed by atoms with E-state index < -0.39 is 0 Å². The van der Waals surface area contributed by atoms with E-state index in [2.05, 4.69) is 146 Å². The van der Waals surface area contributed by atoms with Gasteiger partial charge in [-0.1, -0.05) is 145 Å². The molecule has 0 aliphatic carbocycles. The van der Waals surface area contributed by atoms with Gasteiger partial charge in [0.2, 0.25) is 0 Å². The average molecular weight is 732 g/mol. The SMILES string of the molecule is Cc1ccc2c(c1)c1cc(C)ccc1n2-c1ccc(-c2nc(-c3ccccc3)cc(-c3ccccc3)n2)cc1-c1cc(-c2ccccc2)nc(-c2ccccc2)n1. The first-order valence-electron chi connectivity index (χ1n) is 19.2. The van der Waals surface area contributed by atoms with Crippen molar-refractivity contribution in [2.75, 3.05) is 0 Å². The molecule has 5 nitrogen and oxygen atoms in total. The molecule has 0 saturated carbocycles. The molecule has 0 spiro atoms. The molecule has 0 saturated heterocycles. The van der Waals surface area contributed by atoms with E-state index in [-0.39, 0.29) is 0 Å². The van der Waals surface area contributed by atoms with Gasteiger partial charge in [0.1, 0.15) is 0 Å². The number of rotatable bonds is 7. The third-order valence-electron chi connectivity index (χ3n) is 10.5. The topological polar surface area (TPSA) is 56.5 Å². The highest BCUT2D eigenvalue weighted by atomic mass is 15.0. The Morgan fingerprint density at radius 2 is 0.737 bits per heavy atom. The van der Waals surface area contributed by atoms with Gasteiger partial charge >= 0.3 is 0 Å². The van der Waals surface area contributed by atoms with Crippen LogP contribution in [0, 0.1) is 13.8 Å². The molecule has 57 heavy (non-hydrogen) atoms. The van der Waals surface area contributed by atoms with Crippen LogP contribution in [0.4, 0.5) is 0 Å². The molecule has 0 aliphatic heterocycles. The normalized spacial score (nSPS) is 11.3. The van der Waals surface area contributed by atoms with E-state index in [9.17, 15) is 0 Å². The van der Waals surface area contributed by atoms with Crippen molar-refractivity contribution >= 4 is 21.8 Å². The Hall–Kier alpha value is -7.50. The summed E-state index contributed by atoms with van der Waals surface area (Å²) >= 11 is 0. The van der Waals surface area contributed by atoms with E-state index in [0.29, 0.717) is 11.6 Å². The molecule has 0 atom stereocenters. The maximum Gasteiger partial charge on any atom is 0.160 e. The molecule has 0 bridgehead atoms. The van der Waals surface area contributed by atoms with Crippen molar-refractivity contribution in [3.05, 3.63) is 199 Å². The molecule has 0 radical (unpaired) electrons. The highest BCUT2D eigenvalue weighted by Gasteiger charge is 2.21. The van der Waals surface area contributed by atoms with Crippen LogP contribution in [0.1, 0.15) is 11.1 Å². The van der Waals surface area contributed by atoms with Crippen LogP contribution < -0.4 is 0 Å². The number of benzene rings is 7. The summed E-state index contributed by atoms with van der Waals surface area (Å²) in [5.41, 5.74) is 14.9. The molecule has 3 aromatic heterocycles. The fraction of sp³-hybridized carbons (Fsp3) is 0.0385. The van der Waals surface area contributed by atoms with Crippen molar-refractivity contribution in [3.63, 3.8) is 0 Å². The molecule has 0 fully saturated rings. The van der Waals surface area contributed by atoms with E-state index in [1.807, 2.05) is 60.7 Å². The van der Waals surface area contributed by atoms with Crippen LogP contribution in [-0.2, 0) is 0 Å². The monoisotopic (exact) mass is 731 g/mol. The maximum absolute atomic E-state index is 5.36. The molecule has 3 heterocycles. The Morgan fingerprint density at radius 1 is 0.333 bits per heavy atom. The molecule has 10 rings (SSSR count). The first-order chi connectivity index (χ1) is 28.1. The van der Waals surface area contributed by atoms with Gasteiger partial charge in [-0.25, -0.2) is 19.9 Å². The lowest BCUT2D eigenvalue weighted by Gasteiger charge is -2.17. The molecule has 0 amide bonds. The summed E-state index contributed by atoms with van der Waals surface area (Å²) in [6.45, 7) is 4.31. The predicted octanol–water partition coefficient (Wildman–Crippen LogP) is 13.0. The minimum absolute atomic E-state index is 0.636. The smallest absolute Gasteiger partial charge is 0.160 e. The first-order valence-corrected chi connectivity index (χ1v) is 19.2. The zero-order chi connectivity index (χ0) is 38.3. The van der Waals surface area contributed by atoms with Crippen LogP contribution in [0.15, 0.2) is 188 Å². The Kier molecular flexibility index (Phi) is 8.53. The van der Waals surface area contributed by atoms with Crippen molar-refractivity contribution in [1.82, 2.24) is 24.5 Å². The molecule has 7 aromatic carbocycles. The number of nitrogens with zero attached hydrogens (tertiary/aromatic N) is 5. The van der Waals surface area contributed by atoms with E-state index >= 15 is 0 Å². The van der Waals surface area contributed by atoms with Gasteiger partial charge in [0.15, 0.2) is 11.6 Å². The fourth-order valence-corrected chi connectivity index (χ4v) is 7.73. The largest absolute Gasteiger partial charge is 0.309 e. The first kappa shape index (κ1) is 34.0. The molecule has 5 heteroatoms. The lowest BCUT2D eigenvalue weighted by atomic mass is 10.0. The Bertz CT molecular complexity index is 2890. The molecule has 0 unspecified atom stereocenters. The number of aryl methyl sites for hydroxylation is 2. The molecule has 0 N–H and O–H groups in total. The van der Waals surface area contributed by atoms with E-state index in [1.54, 1.807) is 0 Å². The maximum atomic E-state index is 5.36. The van der Waals surface area contributed by atoms with Crippen LogP contribution >= 0.6 is 0 Å². The van der Waals surface area contributed by atoms with Crippen molar-refractivity contribution in [2.45, 2.75) is 13.8 Å².